The fourth-order valence-electron chi connectivity index (χ4n) is 1.57. The van der Waals surface area contributed by atoms with E-state index in [0.717, 1.165) is 17.7 Å². The summed E-state index contributed by atoms with van der Waals surface area (Å²) in [7, 11) is 0. The maximum atomic E-state index is 9.76. The van der Waals surface area contributed by atoms with Crippen LogP contribution in [-0.4, -0.2) is 5.11 Å². The van der Waals surface area contributed by atoms with E-state index in [4.69, 9.17) is 4.74 Å². The van der Waals surface area contributed by atoms with Gasteiger partial charge in [-0.3, -0.25) is 0 Å². The summed E-state index contributed by atoms with van der Waals surface area (Å²) in [6.45, 7) is 2.03. The number of ether oxygens (including phenoxy) is 1. The van der Waals surface area contributed by atoms with Gasteiger partial charge in [-0.15, -0.1) is 0 Å². The Labute approximate surface area is 95.1 Å². The average Bonchev–Trinajstić information content (AvgIpc) is 2.33. The Morgan fingerprint density at radius 1 is 1.00 bits per heavy atom. The molecule has 2 rings (SSSR count). The second-order valence-corrected chi connectivity index (χ2v) is 3.53. The summed E-state index contributed by atoms with van der Waals surface area (Å²) in [5.74, 6) is 1.47. The maximum Gasteiger partial charge on any atom is 0.172 e. The van der Waals surface area contributed by atoms with Gasteiger partial charge in [0.1, 0.15) is 5.75 Å². The first kappa shape index (κ1) is 10.6. The zero-order chi connectivity index (χ0) is 11.4. The van der Waals surface area contributed by atoms with Crippen molar-refractivity contribution in [3.05, 3.63) is 54.1 Å². The number of para-hydroxylation sites is 2. The third-order valence-corrected chi connectivity index (χ3v) is 2.42. The highest BCUT2D eigenvalue weighted by Crippen LogP contribution is 2.34. The van der Waals surface area contributed by atoms with Crippen molar-refractivity contribution in [3.63, 3.8) is 0 Å². The largest absolute Gasteiger partial charge is 0.504 e. The molecule has 0 aliphatic carbocycles. The van der Waals surface area contributed by atoms with E-state index in [1.807, 2.05) is 49.4 Å². The van der Waals surface area contributed by atoms with Gasteiger partial charge in [0.2, 0.25) is 0 Å². The highest BCUT2D eigenvalue weighted by molar-refractivity contribution is 5.47. The van der Waals surface area contributed by atoms with Gasteiger partial charge in [-0.1, -0.05) is 37.3 Å². The fourth-order valence-corrected chi connectivity index (χ4v) is 1.57. The summed E-state index contributed by atoms with van der Waals surface area (Å²) in [6, 6.07) is 14.9. The van der Waals surface area contributed by atoms with Crippen LogP contribution in [0.4, 0.5) is 0 Å². The summed E-state index contributed by atoms with van der Waals surface area (Å²) in [6.07, 6.45) is 0.830. The van der Waals surface area contributed by atoms with Gasteiger partial charge in [0.25, 0.3) is 0 Å². The minimum Gasteiger partial charge on any atom is -0.504 e. The predicted octanol–water partition coefficient (Wildman–Crippen LogP) is 3.75. The fraction of sp³-hybridized carbons (Fsp3) is 0.143. The number of aromatic hydroxyl groups is 1. The molecule has 0 spiro atoms. The second-order valence-electron chi connectivity index (χ2n) is 3.53. The molecule has 0 saturated heterocycles. The number of rotatable bonds is 3. The zero-order valence-corrected chi connectivity index (χ0v) is 9.18. The lowest BCUT2D eigenvalue weighted by molar-refractivity contribution is 0.407. The van der Waals surface area contributed by atoms with Crippen LogP contribution in [-0.2, 0) is 6.42 Å². The highest BCUT2D eigenvalue weighted by Gasteiger charge is 2.08. The van der Waals surface area contributed by atoms with Crippen molar-refractivity contribution < 1.29 is 9.84 Å². The number of aryl methyl sites for hydroxylation is 1. The van der Waals surface area contributed by atoms with Crippen molar-refractivity contribution in [1.82, 2.24) is 0 Å². The molecule has 0 radical (unpaired) electrons. The summed E-state index contributed by atoms with van der Waals surface area (Å²) >= 11 is 0. The van der Waals surface area contributed by atoms with E-state index in [1.54, 1.807) is 6.07 Å². The molecule has 0 aromatic heterocycles. The van der Waals surface area contributed by atoms with Crippen LogP contribution < -0.4 is 4.74 Å². The van der Waals surface area contributed by atoms with Crippen molar-refractivity contribution in [2.24, 2.45) is 0 Å². The van der Waals surface area contributed by atoms with E-state index < -0.39 is 0 Å². The molecular weight excluding hydrogens is 200 g/mol. The first-order valence-corrected chi connectivity index (χ1v) is 5.35. The van der Waals surface area contributed by atoms with Gasteiger partial charge in [0, 0.05) is 0 Å². The molecule has 0 fully saturated rings. The molecule has 82 valence electrons. The van der Waals surface area contributed by atoms with Crippen LogP contribution in [0.5, 0.6) is 17.2 Å². The summed E-state index contributed by atoms with van der Waals surface area (Å²) in [4.78, 5) is 0. The summed E-state index contributed by atoms with van der Waals surface area (Å²) in [5, 5.41) is 9.76. The van der Waals surface area contributed by atoms with E-state index in [9.17, 15) is 5.11 Å². The Kier molecular flexibility index (Phi) is 3.10. The number of phenolic OH excluding ortho intramolecular Hbond substituents is 1. The molecule has 0 amide bonds. The first-order valence-electron chi connectivity index (χ1n) is 5.35. The van der Waals surface area contributed by atoms with Crippen molar-refractivity contribution in [1.29, 1.82) is 0 Å². The van der Waals surface area contributed by atoms with E-state index >= 15 is 0 Å². The normalized spacial score (nSPS) is 10.1. The molecule has 2 heteroatoms. The summed E-state index contributed by atoms with van der Waals surface area (Å²) in [5.41, 5.74) is 1.00. The Morgan fingerprint density at radius 2 is 1.75 bits per heavy atom. The molecule has 1 N–H and O–H groups in total. The quantitative estimate of drug-likeness (QED) is 0.843. The van der Waals surface area contributed by atoms with E-state index in [1.165, 1.54) is 0 Å². The lowest BCUT2D eigenvalue weighted by Gasteiger charge is -2.11. The average molecular weight is 214 g/mol. The third-order valence-electron chi connectivity index (χ3n) is 2.42. The molecule has 0 aliphatic rings. The number of hydrogen-bond donors (Lipinski definition) is 1. The Balaban J connectivity index is 2.34. The lowest BCUT2D eigenvalue weighted by Crippen LogP contribution is -1.90. The predicted molar refractivity (Wildman–Crippen MR) is 64.0 cm³/mol. The number of hydrogen-bond acceptors (Lipinski definition) is 2. The van der Waals surface area contributed by atoms with E-state index in [0.29, 0.717) is 5.75 Å². The van der Waals surface area contributed by atoms with Gasteiger partial charge in [-0.25, -0.2) is 0 Å². The van der Waals surface area contributed by atoms with Crippen LogP contribution >= 0.6 is 0 Å². The first-order chi connectivity index (χ1) is 7.81. The number of benzene rings is 2. The third kappa shape index (κ3) is 2.16. The standard InChI is InChI=1S/C14H14O2/c1-2-11-7-6-10-13(15)14(11)16-12-8-4-3-5-9-12/h3-10,15H,2H2,1H3. The lowest BCUT2D eigenvalue weighted by atomic mass is 10.1. The Morgan fingerprint density at radius 3 is 2.44 bits per heavy atom. The van der Waals surface area contributed by atoms with Crippen LogP contribution in [0.3, 0.4) is 0 Å². The monoisotopic (exact) mass is 214 g/mol. The van der Waals surface area contributed by atoms with Gasteiger partial charge in [-0.05, 0) is 30.2 Å². The molecule has 2 nitrogen and oxygen atoms in total. The van der Waals surface area contributed by atoms with Crippen molar-refractivity contribution in [2.45, 2.75) is 13.3 Å². The van der Waals surface area contributed by atoms with Gasteiger partial charge in [0.15, 0.2) is 11.5 Å². The molecule has 0 unspecified atom stereocenters. The second kappa shape index (κ2) is 4.71. The SMILES string of the molecule is CCc1cccc(O)c1Oc1ccccc1. The van der Waals surface area contributed by atoms with Gasteiger partial charge >= 0.3 is 0 Å². The molecule has 0 atom stereocenters. The molecule has 2 aromatic carbocycles. The van der Waals surface area contributed by atoms with Crippen molar-refractivity contribution >= 4 is 0 Å². The highest BCUT2D eigenvalue weighted by atomic mass is 16.5. The van der Waals surface area contributed by atoms with Crippen LogP contribution in [0.1, 0.15) is 12.5 Å². The zero-order valence-electron chi connectivity index (χ0n) is 9.18. The van der Waals surface area contributed by atoms with Crippen LogP contribution in [0, 0.1) is 0 Å². The molecule has 2 aromatic rings. The molecule has 16 heavy (non-hydrogen) atoms. The minimum atomic E-state index is 0.184. The van der Waals surface area contributed by atoms with Crippen LogP contribution in [0.2, 0.25) is 0 Å². The summed E-state index contributed by atoms with van der Waals surface area (Å²) < 4.78 is 5.68. The maximum absolute atomic E-state index is 9.76. The Bertz CT molecular complexity index is 463. The minimum absolute atomic E-state index is 0.184. The molecule has 0 aliphatic heterocycles. The Hall–Kier alpha value is -1.96. The van der Waals surface area contributed by atoms with Crippen LogP contribution in [0.25, 0.3) is 0 Å². The smallest absolute Gasteiger partial charge is 0.172 e. The van der Waals surface area contributed by atoms with Gasteiger partial charge in [-0.2, -0.15) is 0 Å². The van der Waals surface area contributed by atoms with E-state index in [2.05, 4.69) is 0 Å². The molecule has 0 saturated carbocycles. The topological polar surface area (TPSA) is 29.5 Å². The van der Waals surface area contributed by atoms with Crippen LogP contribution in [0.15, 0.2) is 48.5 Å². The van der Waals surface area contributed by atoms with Crippen molar-refractivity contribution in [2.75, 3.05) is 0 Å². The van der Waals surface area contributed by atoms with Gasteiger partial charge < -0.3 is 9.84 Å². The molecule has 0 bridgehead atoms. The molecule has 0 heterocycles. The molecular formula is C14H14O2. The van der Waals surface area contributed by atoms with Crippen molar-refractivity contribution in [3.8, 4) is 17.2 Å². The van der Waals surface area contributed by atoms with Gasteiger partial charge in [0.05, 0.1) is 0 Å². The number of phenols is 1. The van der Waals surface area contributed by atoms with E-state index in [-0.39, 0.29) is 5.75 Å².